The summed E-state index contributed by atoms with van der Waals surface area (Å²) in [6, 6.07) is 41.8. The number of sulfone groups is 1. The Labute approximate surface area is 251 Å². The summed E-state index contributed by atoms with van der Waals surface area (Å²) in [5.41, 5.74) is 5.22. The molecule has 0 aliphatic rings. The number of ether oxygens (including phenoxy) is 1. The molecule has 0 aliphatic carbocycles. The molecule has 5 aromatic carbocycles. The van der Waals surface area contributed by atoms with Crippen molar-refractivity contribution < 1.29 is 13.2 Å². The first kappa shape index (κ1) is 28.0. The number of rotatable bonds is 7. The van der Waals surface area contributed by atoms with E-state index < -0.39 is 15.4 Å². The van der Waals surface area contributed by atoms with Crippen molar-refractivity contribution in [2.45, 2.75) is 17.4 Å². The van der Waals surface area contributed by atoms with Gasteiger partial charge < -0.3 is 4.74 Å². The van der Waals surface area contributed by atoms with E-state index in [9.17, 15) is 13.7 Å². The number of methoxy groups -OCH3 is 1. The lowest BCUT2D eigenvalue weighted by molar-refractivity contribution is 0.378. The maximum absolute atomic E-state index is 12.4. The van der Waals surface area contributed by atoms with Crippen LogP contribution in [0.1, 0.15) is 27.8 Å². The van der Waals surface area contributed by atoms with E-state index in [1.807, 2.05) is 71.4 Å². The minimum Gasteiger partial charge on any atom is -0.479 e. The summed E-state index contributed by atoms with van der Waals surface area (Å²) in [6.45, 7) is 1.76. The van der Waals surface area contributed by atoms with Crippen LogP contribution in [0.3, 0.4) is 0 Å². The van der Waals surface area contributed by atoms with Crippen LogP contribution in [0.4, 0.5) is 0 Å². The van der Waals surface area contributed by atoms with Crippen molar-refractivity contribution in [1.29, 1.82) is 5.26 Å². The number of aromatic nitrogens is 2. The first-order valence-electron chi connectivity index (χ1n) is 13.8. The van der Waals surface area contributed by atoms with Crippen LogP contribution in [-0.2, 0) is 15.4 Å². The Kier molecular flexibility index (Phi) is 7.09. The molecule has 0 aliphatic heterocycles. The third-order valence-corrected chi connectivity index (χ3v) is 9.14. The summed E-state index contributed by atoms with van der Waals surface area (Å²) >= 11 is 0. The molecule has 7 heteroatoms. The van der Waals surface area contributed by atoms with E-state index in [0.29, 0.717) is 33.5 Å². The van der Waals surface area contributed by atoms with Crippen LogP contribution in [0.2, 0.25) is 0 Å². The number of aryl methyl sites for hydroxylation is 1. The van der Waals surface area contributed by atoms with Crippen LogP contribution in [-0.4, -0.2) is 31.6 Å². The third kappa shape index (κ3) is 4.57. The topological polar surface area (TPSA) is 85.0 Å². The zero-order valence-corrected chi connectivity index (χ0v) is 24.8. The van der Waals surface area contributed by atoms with Gasteiger partial charge in [-0.05, 0) is 52.9 Å². The van der Waals surface area contributed by atoms with E-state index >= 15 is 0 Å². The zero-order valence-electron chi connectivity index (χ0n) is 24.0. The van der Waals surface area contributed by atoms with Crippen LogP contribution >= 0.6 is 0 Å². The fraction of sp³-hybridized carbons (Fsp3) is 0.111. The van der Waals surface area contributed by atoms with E-state index in [-0.39, 0.29) is 4.90 Å². The molecule has 0 atom stereocenters. The van der Waals surface area contributed by atoms with Crippen LogP contribution in [0, 0.1) is 18.3 Å². The molecule has 0 radical (unpaired) electrons. The molecule has 0 N–H and O–H groups in total. The number of nitrogens with zero attached hydrogens (tertiary/aromatic N) is 3. The average Bonchev–Trinajstić information content (AvgIpc) is 3.41. The second-order valence-corrected chi connectivity index (χ2v) is 12.5. The normalized spacial score (nSPS) is 11.8. The van der Waals surface area contributed by atoms with Gasteiger partial charge in [0, 0.05) is 11.8 Å². The molecule has 0 saturated heterocycles. The highest BCUT2D eigenvalue weighted by molar-refractivity contribution is 7.90. The minimum atomic E-state index is -3.42. The molecule has 1 heterocycles. The Balaban J connectivity index is 1.78. The van der Waals surface area contributed by atoms with Gasteiger partial charge in [0.2, 0.25) is 5.88 Å². The molecule has 0 spiro atoms. The lowest BCUT2D eigenvalue weighted by Crippen LogP contribution is -2.38. The maximum Gasteiger partial charge on any atom is 0.241 e. The molecular formula is C36H29N3O3S. The third-order valence-electron chi connectivity index (χ3n) is 7.89. The fourth-order valence-electron chi connectivity index (χ4n) is 6.10. The van der Waals surface area contributed by atoms with Crippen molar-refractivity contribution in [3.05, 3.63) is 149 Å². The lowest BCUT2D eigenvalue weighted by Gasteiger charge is -2.36. The molecule has 0 saturated carbocycles. The predicted molar refractivity (Wildman–Crippen MR) is 169 cm³/mol. The molecule has 43 heavy (non-hydrogen) atoms. The van der Waals surface area contributed by atoms with Gasteiger partial charge in [0.1, 0.15) is 5.54 Å². The van der Waals surface area contributed by atoms with Gasteiger partial charge in [-0.2, -0.15) is 5.26 Å². The Bertz CT molecular complexity index is 2000. The summed E-state index contributed by atoms with van der Waals surface area (Å²) in [6.07, 6.45) is 1.19. The number of hydrogen-bond donors (Lipinski definition) is 0. The van der Waals surface area contributed by atoms with Gasteiger partial charge in [-0.3, -0.25) is 0 Å². The number of nitriles is 1. The van der Waals surface area contributed by atoms with Gasteiger partial charge in [-0.25, -0.2) is 13.1 Å². The van der Waals surface area contributed by atoms with Crippen LogP contribution in [0.25, 0.3) is 22.0 Å². The lowest BCUT2D eigenvalue weighted by atomic mass is 9.77. The SMILES string of the molecule is COc1nn(C(c2ccccc2)(c2ccccc2)c2ccccc2)c2ccc(C#N)c(-c3ccc(S(C)(=O)=O)c(C)c3)c12. The van der Waals surface area contributed by atoms with E-state index in [1.54, 1.807) is 32.2 Å². The smallest absolute Gasteiger partial charge is 0.241 e. The molecule has 1 aromatic heterocycles. The molecule has 0 fully saturated rings. The predicted octanol–water partition coefficient (Wildman–Crippen LogP) is 7.14. The standard InChI is InChI=1S/C36H29N3O3S/c1-25-23-26(20-22-32(25)43(3,40)41)33-27(24-37)19-21-31-34(33)35(42-2)38-39(31)36(28-13-7-4-8-14-28,29-15-9-5-10-16-29)30-17-11-6-12-18-30/h4-23H,1-3H3. The second kappa shape index (κ2) is 10.9. The quantitative estimate of drug-likeness (QED) is 0.187. The molecule has 0 amide bonds. The van der Waals surface area contributed by atoms with E-state index in [4.69, 9.17) is 9.84 Å². The first-order chi connectivity index (χ1) is 20.8. The highest BCUT2D eigenvalue weighted by Crippen LogP contribution is 2.46. The van der Waals surface area contributed by atoms with E-state index in [1.165, 1.54) is 6.26 Å². The first-order valence-corrected chi connectivity index (χ1v) is 15.7. The Morgan fingerprint density at radius 1 is 0.791 bits per heavy atom. The van der Waals surface area contributed by atoms with Gasteiger partial charge in [0.25, 0.3) is 0 Å². The molecule has 6 nitrogen and oxygen atoms in total. The zero-order chi connectivity index (χ0) is 30.2. The van der Waals surface area contributed by atoms with Gasteiger partial charge >= 0.3 is 0 Å². The Hall–Kier alpha value is -5.19. The highest BCUT2D eigenvalue weighted by atomic mass is 32.2. The van der Waals surface area contributed by atoms with Crippen LogP contribution in [0.5, 0.6) is 5.88 Å². The van der Waals surface area contributed by atoms with Crippen molar-refractivity contribution in [1.82, 2.24) is 9.78 Å². The van der Waals surface area contributed by atoms with Crippen molar-refractivity contribution in [3.8, 4) is 23.1 Å². The molecule has 6 aromatic rings. The summed E-state index contributed by atoms with van der Waals surface area (Å²) in [7, 11) is -1.85. The van der Waals surface area contributed by atoms with Crippen molar-refractivity contribution in [2.75, 3.05) is 13.4 Å². The number of fused-ring (bicyclic) bond motifs is 1. The van der Waals surface area contributed by atoms with Gasteiger partial charge in [-0.1, -0.05) is 103 Å². The Morgan fingerprint density at radius 2 is 1.33 bits per heavy atom. The molecule has 6 rings (SSSR count). The number of hydrogen-bond acceptors (Lipinski definition) is 5. The van der Waals surface area contributed by atoms with Gasteiger partial charge in [0.15, 0.2) is 9.84 Å². The molecule has 0 unspecified atom stereocenters. The van der Waals surface area contributed by atoms with E-state index in [0.717, 1.165) is 22.2 Å². The highest BCUT2D eigenvalue weighted by Gasteiger charge is 2.41. The molecule has 0 bridgehead atoms. The van der Waals surface area contributed by atoms with Crippen molar-refractivity contribution >= 4 is 20.7 Å². The number of benzene rings is 5. The monoisotopic (exact) mass is 583 g/mol. The van der Waals surface area contributed by atoms with Crippen LogP contribution < -0.4 is 4.74 Å². The minimum absolute atomic E-state index is 0.251. The summed E-state index contributed by atoms with van der Waals surface area (Å²) in [4.78, 5) is 0.251. The maximum atomic E-state index is 12.4. The summed E-state index contributed by atoms with van der Waals surface area (Å²) < 4.78 is 32.7. The van der Waals surface area contributed by atoms with Crippen molar-refractivity contribution in [2.24, 2.45) is 0 Å². The molecular weight excluding hydrogens is 554 g/mol. The van der Waals surface area contributed by atoms with Gasteiger partial charge in [-0.15, -0.1) is 5.10 Å². The largest absolute Gasteiger partial charge is 0.479 e. The van der Waals surface area contributed by atoms with Crippen molar-refractivity contribution in [3.63, 3.8) is 0 Å². The van der Waals surface area contributed by atoms with Gasteiger partial charge in [0.05, 0.1) is 34.5 Å². The van der Waals surface area contributed by atoms with Crippen LogP contribution in [0.15, 0.2) is 126 Å². The van der Waals surface area contributed by atoms with E-state index in [2.05, 4.69) is 42.5 Å². The summed E-state index contributed by atoms with van der Waals surface area (Å²) in [5, 5.41) is 16.0. The Morgan fingerprint density at radius 3 is 1.77 bits per heavy atom. The fourth-order valence-corrected chi connectivity index (χ4v) is 7.06. The average molecular weight is 584 g/mol. The molecule has 212 valence electrons. The summed E-state index contributed by atoms with van der Waals surface area (Å²) in [5.74, 6) is 0.360. The second-order valence-electron chi connectivity index (χ2n) is 10.5.